The molecule has 2 atom stereocenters. The Labute approximate surface area is 130 Å². The molecule has 0 aromatic heterocycles. The zero-order valence-electron chi connectivity index (χ0n) is 14.1. The van der Waals surface area contributed by atoms with E-state index in [0.29, 0.717) is 11.3 Å². The normalized spacial score (nSPS) is 37.6. The van der Waals surface area contributed by atoms with E-state index in [1.807, 2.05) is 0 Å². The third-order valence-corrected chi connectivity index (χ3v) is 5.49. The Balaban J connectivity index is 2.15. The van der Waals surface area contributed by atoms with Crippen LogP contribution in [0.5, 0.6) is 0 Å². The lowest BCUT2D eigenvalue weighted by Gasteiger charge is -2.05. The van der Waals surface area contributed by atoms with Crippen molar-refractivity contribution in [3.05, 3.63) is 34.9 Å². The Bertz CT molecular complexity index is 476. The van der Waals surface area contributed by atoms with Crippen molar-refractivity contribution in [1.29, 1.82) is 0 Å². The van der Waals surface area contributed by atoms with Crippen LogP contribution in [0, 0.1) is 17.3 Å². The summed E-state index contributed by atoms with van der Waals surface area (Å²) in [4.78, 5) is 11.3. The van der Waals surface area contributed by atoms with Crippen molar-refractivity contribution in [2.24, 2.45) is 17.3 Å². The molecule has 0 N–H and O–H groups in total. The van der Waals surface area contributed by atoms with Gasteiger partial charge in [0, 0.05) is 0 Å². The van der Waals surface area contributed by atoms with Crippen LogP contribution in [0.3, 0.4) is 0 Å². The number of carbonyl (C=O) groups excluding carboxylic acids is 1. The quantitative estimate of drug-likeness (QED) is 0.451. The van der Waals surface area contributed by atoms with Gasteiger partial charge in [-0.05, 0) is 75.2 Å². The molecule has 0 radical (unpaired) electrons. The number of aldehydes is 1. The second-order valence-corrected chi connectivity index (χ2v) is 7.53. The monoisotopic (exact) mass is 286 g/mol. The molecular formula is C20H30O. The summed E-state index contributed by atoms with van der Waals surface area (Å²) in [6.07, 6.45) is 14.7. The van der Waals surface area contributed by atoms with E-state index in [1.54, 1.807) is 0 Å². The molecule has 116 valence electrons. The van der Waals surface area contributed by atoms with E-state index in [2.05, 4.69) is 45.9 Å². The predicted molar refractivity (Wildman–Crippen MR) is 90.1 cm³/mol. The van der Waals surface area contributed by atoms with Crippen LogP contribution in [0.2, 0.25) is 0 Å². The summed E-state index contributed by atoms with van der Waals surface area (Å²) >= 11 is 0. The van der Waals surface area contributed by atoms with Crippen molar-refractivity contribution in [2.45, 2.75) is 66.2 Å². The lowest BCUT2D eigenvalue weighted by molar-refractivity contribution is -0.105. The van der Waals surface area contributed by atoms with Gasteiger partial charge >= 0.3 is 0 Å². The molecule has 0 bridgehead atoms. The molecule has 1 heteroatoms. The minimum absolute atomic E-state index is 0.375. The maximum absolute atomic E-state index is 11.3. The SMILES string of the molecule is C/C1=C\CC/C(C=O)=C\[C@@H]2[C@@H](CC/C(C)=C/CC1)C2(C)C. The molecule has 1 nitrogen and oxygen atoms in total. The third kappa shape index (κ3) is 4.18. The molecule has 21 heavy (non-hydrogen) atoms. The van der Waals surface area contributed by atoms with Gasteiger partial charge < -0.3 is 0 Å². The second kappa shape index (κ2) is 6.77. The molecule has 1 fully saturated rings. The highest BCUT2D eigenvalue weighted by Gasteiger charge is 2.55. The maximum atomic E-state index is 11.3. The van der Waals surface area contributed by atoms with Crippen LogP contribution in [0.4, 0.5) is 0 Å². The van der Waals surface area contributed by atoms with Crippen LogP contribution in [-0.2, 0) is 4.79 Å². The minimum atomic E-state index is 0.375. The first-order valence-electron chi connectivity index (χ1n) is 8.42. The van der Waals surface area contributed by atoms with E-state index < -0.39 is 0 Å². The molecule has 2 aliphatic carbocycles. The van der Waals surface area contributed by atoms with Gasteiger partial charge in [0.1, 0.15) is 6.29 Å². The van der Waals surface area contributed by atoms with Crippen molar-refractivity contribution in [2.75, 3.05) is 0 Å². The van der Waals surface area contributed by atoms with E-state index in [9.17, 15) is 4.79 Å². The van der Waals surface area contributed by atoms with Gasteiger partial charge in [0.15, 0.2) is 0 Å². The van der Waals surface area contributed by atoms with Crippen LogP contribution in [0.1, 0.15) is 66.2 Å². The van der Waals surface area contributed by atoms with Gasteiger partial charge in [-0.2, -0.15) is 0 Å². The Morgan fingerprint density at radius 2 is 1.67 bits per heavy atom. The first kappa shape index (κ1) is 16.3. The molecule has 0 unspecified atom stereocenters. The number of carbonyl (C=O) groups is 1. The smallest absolute Gasteiger partial charge is 0.145 e. The number of fused-ring (bicyclic) bond motifs is 1. The minimum Gasteiger partial charge on any atom is -0.298 e. The summed E-state index contributed by atoms with van der Waals surface area (Å²) in [6, 6.07) is 0. The number of allylic oxidation sites excluding steroid dienone is 6. The summed E-state index contributed by atoms with van der Waals surface area (Å²) in [7, 11) is 0. The average molecular weight is 286 g/mol. The van der Waals surface area contributed by atoms with Gasteiger partial charge in [-0.15, -0.1) is 0 Å². The van der Waals surface area contributed by atoms with Gasteiger partial charge in [0.05, 0.1) is 0 Å². The second-order valence-electron chi connectivity index (χ2n) is 7.53. The van der Waals surface area contributed by atoms with E-state index >= 15 is 0 Å². The summed E-state index contributed by atoms with van der Waals surface area (Å²) in [6.45, 7) is 9.17. The first-order chi connectivity index (χ1) is 9.95. The fourth-order valence-electron chi connectivity index (χ4n) is 3.70. The van der Waals surface area contributed by atoms with Gasteiger partial charge in [0.2, 0.25) is 0 Å². The fourth-order valence-corrected chi connectivity index (χ4v) is 3.70. The van der Waals surface area contributed by atoms with E-state index in [4.69, 9.17) is 0 Å². The zero-order valence-corrected chi connectivity index (χ0v) is 14.1. The molecule has 0 aromatic carbocycles. The summed E-state index contributed by atoms with van der Waals surface area (Å²) in [5.74, 6) is 1.34. The number of rotatable bonds is 1. The zero-order chi connectivity index (χ0) is 15.5. The largest absolute Gasteiger partial charge is 0.298 e. The van der Waals surface area contributed by atoms with Gasteiger partial charge in [-0.3, -0.25) is 4.79 Å². The van der Waals surface area contributed by atoms with Crippen molar-refractivity contribution >= 4 is 6.29 Å². The molecule has 0 spiro atoms. The first-order valence-corrected chi connectivity index (χ1v) is 8.42. The molecule has 0 aliphatic heterocycles. The Morgan fingerprint density at radius 3 is 2.33 bits per heavy atom. The van der Waals surface area contributed by atoms with Crippen molar-refractivity contribution < 1.29 is 4.79 Å². The Hall–Kier alpha value is -1.11. The fraction of sp³-hybridized carbons (Fsp3) is 0.650. The van der Waals surface area contributed by atoms with Crippen LogP contribution in [-0.4, -0.2) is 6.29 Å². The molecule has 0 aromatic rings. The van der Waals surface area contributed by atoms with Crippen LogP contribution in [0.15, 0.2) is 34.9 Å². The molecule has 0 amide bonds. The molecular weight excluding hydrogens is 256 g/mol. The molecule has 0 saturated heterocycles. The summed E-state index contributed by atoms with van der Waals surface area (Å²) < 4.78 is 0. The van der Waals surface area contributed by atoms with E-state index in [-0.39, 0.29) is 0 Å². The van der Waals surface area contributed by atoms with Crippen LogP contribution >= 0.6 is 0 Å². The van der Waals surface area contributed by atoms with Crippen LogP contribution < -0.4 is 0 Å². The van der Waals surface area contributed by atoms with Crippen molar-refractivity contribution in [3.8, 4) is 0 Å². The van der Waals surface area contributed by atoms with E-state index in [1.165, 1.54) is 24.0 Å². The lowest BCUT2D eigenvalue weighted by atomic mass is 10.0. The topological polar surface area (TPSA) is 17.1 Å². The highest BCUT2D eigenvalue weighted by atomic mass is 16.1. The molecule has 2 aliphatic rings. The number of hydrogen-bond acceptors (Lipinski definition) is 1. The molecule has 2 rings (SSSR count). The average Bonchev–Trinajstić information content (AvgIpc) is 2.94. The summed E-state index contributed by atoms with van der Waals surface area (Å²) in [5, 5.41) is 0. The van der Waals surface area contributed by atoms with E-state index in [0.717, 1.165) is 43.5 Å². The standard InChI is InChI=1S/C20H30O/c1-15-7-5-8-16(2)11-12-18-19(20(18,3)4)13-17(14-21)10-6-9-15/h8-9,13-14,18-19H,5-7,10-12H2,1-4H3/b15-9+,16-8+,17-13+/t18-,19-/m1/s1. The maximum Gasteiger partial charge on any atom is 0.145 e. The highest BCUT2D eigenvalue weighted by Crippen LogP contribution is 2.61. The van der Waals surface area contributed by atoms with Crippen molar-refractivity contribution in [3.63, 3.8) is 0 Å². The van der Waals surface area contributed by atoms with Gasteiger partial charge in [-0.25, -0.2) is 0 Å². The van der Waals surface area contributed by atoms with Crippen LogP contribution in [0.25, 0.3) is 0 Å². The van der Waals surface area contributed by atoms with Crippen molar-refractivity contribution in [1.82, 2.24) is 0 Å². The third-order valence-electron chi connectivity index (χ3n) is 5.49. The number of hydrogen-bond donors (Lipinski definition) is 0. The van der Waals surface area contributed by atoms with Gasteiger partial charge in [-0.1, -0.05) is 43.2 Å². The highest BCUT2D eigenvalue weighted by molar-refractivity contribution is 5.73. The summed E-state index contributed by atoms with van der Waals surface area (Å²) in [5.41, 5.74) is 4.36. The predicted octanol–water partition coefficient (Wildman–Crippen LogP) is 5.63. The lowest BCUT2D eigenvalue weighted by Crippen LogP contribution is -1.91. The Morgan fingerprint density at radius 1 is 1.05 bits per heavy atom. The molecule has 1 saturated carbocycles. The molecule has 0 heterocycles. The van der Waals surface area contributed by atoms with Gasteiger partial charge in [0.25, 0.3) is 0 Å². The Kier molecular flexibility index (Phi) is 5.24.